The van der Waals surface area contributed by atoms with Gasteiger partial charge in [0.25, 0.3) is 0 Å². The minimum atomic E-state index is -0.305. The molecule has 0 aromatic heterocycles. The summed E-state index contributed by atoms with van der Waals surface area (Å²) in [6.45, 7) is 11.6. The highest BCUT2D eigenvalue weighted by molar-refractivity contribution is 5.89. The Balaban J connectivity index is 1.94. The molecule has 0 atom stereocenters. The molecule has 0 saturated carbocycles. The van der Waals surface area contributed by atoms with Gasteiger partial charge in [0.15, 0.2) is 0 Å². The molecule has 2 nitrogen and oxygen atoms in total. The van der Waals surface area contributed by atoms with Crippen LogP contribution in [0.5, 0.6) is 0 Å². The van der Waals surface area contributed by atoms with Crippen LogP contribution in [0.3, 0.4) is 0 Å². The Morgan fingerprint density at radius 2 is 1.48 bits per heavy atom. The summed E-state index contributed by atoms with van der Waals surface area (Å²) in [5.41, 5.74) is 7.63. The van der Waals surface area contributed by atoms with E-state index >= 15 is 0 Å². The molecule has 2 aromatic carbocycles. The maximum absolute atomic E-state index is 11.6. The second-order valence-electron chi connectivity index (χ2n) is 8.97. The van der Waals surface area contributed by atoms with E-state index < -0.39 is 0 Å². The number of hydrogen-bond acceptors (Lipinski definition) is 2. The molecule has 0 fully saturated rings. The Bertz CT molecular complexity index is 883. The van der Waals surface area contributed by atoms with Crippen molar-refractivity contribution in [1.82, 2.24) is 0 Å². The average molecular weight is 363 g/mol. The van der Waals surface area contributed by atoms with Crippen LogP contribution >= 0.6 is 0 Å². The van der Waals surface area contributed by atoms with Crippen molar-refractivity contribution in [2.75, 3.05) is 7.11 Å². The summed E-state index contributed by atoms with van der Waals surface area (Å²) in [6.07, 6.45) is 6.74. The zero-order chi connectivity index (χ0) is 19.8. The van der Waals surface area contributed by atoms with Crippen molar-refractivity contribution in [3.63, 3.8) is 0 Å². The van der Waals surface area contributed by atoms with Crippen molar-refractivity contribution >= 4 is 18.1 Å². The molecule has 0 unspecified atom stereocenters. The minimum absolute atomic E-state index is 0.212. The van der Waals surface area contributed by atoms with E-state index in [1.165, 1.54) is 42.2 Å². The van der Waals surface area contributed by atoms with Crippen LogP contribution in [-0.4, -0.2) is 13.1 Å². The monoisotopic (exact) mass is 362 g/mol. The first-order valence-electron chi connectivity index (χ1n) is 9.66. The van der Waals surface area contributed by atoms with Crippen LogP contribution in [0.1, 0.15) is 78.7 Å². The number of fused-ring (bicyclic) bond motifs is 1. The zero-order valence-electron chi connectivity index (χ0n) is 17.3. The van der Waals surface area contributed by atoms with Gasteiger partial charge in [-0.25, -0.2) is 4.79 Å². The lowest BCUT2D eigenvalue weighted by Gasteiger charge is -2.42. The van der Waals surface area contributed by atoms with Gasteiger partial charge < -0.3 is 4.74 Å². The third kappa shape index (κ3) is 3.85. The van der Waals surface area contributed by atoms with Crippen molar-refractivity contribution in [1.29, 1.82) is 0 Å². The molecule has 0 saturated heterocycles. The van der Waals surface area contributed by atoms with E-state index in [-0.39, 0.29) is 16.8 Å². The van der Waals surface area contributed by atoms with E-state index in [2.05, 4.69) is 58.9 Å². The Morgan fingerprint density at radius 1 is 0.926 bits per heavy atom. The van der Waals surface area contributed by atoms with Gasteiger partial charge in [0.2, 0.25) is 0 Å². The van der Waals surface area contributed by atoms with Gasteiger partial charge in [0.05, 0.1) is 12.7 Å². The van der Waals surface area contributed by atoms with Gasteiger partial charge in [-0.2, -0.15) is 0 Å². The molecule has 1 aliphatic carbocycles. The van der Waals surface area contributed by atoms with E-state index in [9.17, 15) is 4.79 Å². The molecule has 3 rings (SSSR count). The first-order valence-corrected chi connectivity index (χ1v) is 9.66. The third-order valence-electron chi connectivity index (χ3n) is 6.03. The second-order valence-corrected chi connectivity index (χ2v) is 8.97. The lowest BCUT2D eigenvalue weighted by Crippen LogP contribution is -2.34. The summed E-state index contributed by atoms with van der Waals surface area (Å²) < 4.78 is 4.75. The molecule has 0 radical (unpaired) electrons. The summed E-state index contributed by atoms with van der Waals surface area (Å²) in [5.74, 6) is -0.305. The summed E-state index contributed by atoms with van der Waals surface area (Å²) in [5, 5.41) is 0. The number of esters is 1. The molecule has 2 aromatic rings. The van der Waals surface area contributed by atoms with Crippen LogP contribution in [-0.2, 0) is 15.6 Å². The predicted octanol–water partition coefficient (Wildman–Crippen LogP) is 6.30. The summed E-state index contributed by atoms with van der Waals surface area (Å²) >= 11 is 0. The highest BCUT2D eigenvalue weighted by atomic mass is 16.5. The zero-order valence-corrected chi connectivity index (χ0v) is 17.3. The molecule has 0 aliphatic heterocycles. The van der Waals surface area contributed by atoms with Crippen LogP contribution in [0.4, 0.5) is 0 Å². The smallest absolute Gasteiger partial charge is 0.337 e. The highest BCUT2D eigenvalue weighted by Gasteiger charge is 2.37. The lowest BCUT2D eigenvalue weighted by molar-refractivity contribution is 0.0600. The Kier molecular flexibility index (Phi) is 5.03. The van der Waals surface area contributed by atoms with Gasteiger partial charge >= 0.3 is 5.97 Å². The van der Waals surface area contributed by atoms with Crippen LogP contribution in [0.2, 0.25) is 0 Å². The molecular weight excluding hydrogens is 332 g/mol. The molecule has 0 amide bonds. The van der Waals surface area contributed by atoms with E-state index in [0.29, 0.717) is 5.56 Å². The second kappa shape index (κ2) is 6.99. The quantitative estimate of drug-likeness (QED) is 0.473. The molecule has 0 N–H and O–H groups in total. The molecule has 0 spiro atoms. The third-order valence-corrected chi connectivity index (χ3v) is 6.03. The van der Waals surface area contributed by atoms with E-state index in [4.69, 9.17) is 4.74 Å². The number of methoxy groups -OCH3 is 1. The molecule has 2 heteroatoms. The van der Waals surface area contributed by atoms with Crippen LogP contribution in [0.15, 0.2) is 36.4 Å². The Hall–Kier alpha value is -2.35. The van der Waals surface area contributed by atoms with Gasteiger partial charge in [-0.15, -0.1) is 0 Å². The molecule has 0 bridgehead atoms. The number of carbonyl (C=O) groups is 1. The van der Waals surface area contributed by atoms with Gasteiger partial charge in [0, 0.05) is 0 Å². The van der Waals surface area contributed by atoms with Crippen molar-refractivity contribution in [2.24, 2.45) is 0 Å². The average Bonchev–Trinajstić information content (AvgIpc) is 2.64. The number of hydrogen-bond donors (Lipinski definition) is 0. The SMILES string of the molecule is COC(=O)c1ccc(/C=C/c2cc3c(cc2C)C(C)(C)CCC3(C)C)cc1. The predicted molar refractivity (Wildman–Crippen MR) is 113 cm³/mol. The number of aryl methyl sites for hydroxylation is 1. The molecule has 142 valence electrons. The largest absolute Gasteiger partial charge is 0.465 e. The van der Waals surface area contributed by atoms with E-state index in [0.717, 1.165) is 5.56 Å². The summed E-state index contributed by atoms with van der Waals surface area (Å²) in [4.78, 5) is 11.6. The van der Waals surface area contributed by atoms with Gasteiger partial charge in [-0.3, -0.25) is 0 Å². The molecular formula is C25H30O2. The fourth-order valence-electron chi connectivity index (χ4n) is 3.95. The van der Waals surface area contributed by atoms with Crippen LogP contribution < -0.4 is 0 Å². The Labute approximate surface area is 163 Å². The number of rotatable bonds is 3. The highest BCUT2D eigenvalue weighted by Crippen LogP contribution is 2.46. The first-order chi connectivity index (χ1) is 12.6. The van der Waals surface area contributed by atoms with Crippen molar-refractivity contribution < 1.29 is 9.53 Å². The standard InChI is InChI=1S/C25H30O2/c1-17-15-21-22(25(4,5)14-13-24(21,2)3)16-20(17)12-9-18-7-10-19(11-8-18)23(26)27-6/h7-12,15-16H,13-14H2,1-6H3/b12-9+. The fourth-order valence-corrected chi connectivity index (χ4v) is 3.95. The van der Waals surface area contributed by atoms with Crippen molar-refractivity contribution in [3.8, 4) is 0 Å². The summed E-state index contributed by atoms with van der Waals surface area (Å²) in [6, 6.07) is 12.3. The normalized spacial score (nSPS) is 17.6. The van der Waals surface area contributed by atoms with Crippen molar-refractivity contribution in [3.05, 3.63) is 69.8 Å². The minimum Gasteiger partial charge on any atom is -0.465 e. The van der Waals surface area contributed by atoms with Gasteiger partial charge in [-0.05, 0) is 70.5 Å². The lowest BCUT2D eigenvalue weighted by atomic mass is 9.62. The van der Waals surface area contributed by atoms with Gasteiger partial charge in [0.1, 0.15) is 0 Å². The molecule has 1 aliphatic rings. The molecule has 0 heterocycles. The first kappa shape index (κ1) is 19.4. The number of ether oxygens (including phenoxy) is 1. The maximum atomic E-state index is 11.6. The fraction of sp³-hybridized carbons (Fsp3) is 0.400. The van der Waals surface area contributed by atoms with E-state index in [1.807, 2.05) is 12.1 Å². The summed E-state index contributed by atoms with van der Waals surface area (Å²) in [7, 11) is 1.40. The van der Waals surface area contributed by atoms with E-state index in [1.54, 1.807) is 12.1 Å². The maximum Gasteiger partial charge on any atom is 0.337 e. The number of carbonyl (C=O) groups excluding carboxylic acids is 1. The van der Waals surface area contributed by atoms with Gasteiger partial charge in [-0.1, -0.05) is 64.1 Å². The van der Waals surface area contributed by atoms with Crippen LogP contribution in [0.25, 0.3) is 12.2 Å². The number of benzene rings is 2. The van der Waals surface area contributed by atoms with Crippen molar-refractivity contribution in [2.45, 2.75) is 58.3 Å². The topological polar surface area (TPSA) is 26.3 Å². The molecule has 27 heavy (non-hydrogen) atoms. The van der Waals surface area contributed by atoms with Crippen LogP contribution in [0, 0.1) is 6.92 Å². The Morgan fingerprint density at radius 3 is 2.04 bits per heavy atom.